The van der Waals surface area contributed by atoms with Gasteiger partial charge in [-0.05, 0) is 5.56 Å². The molecule has 0 bridgehead atoms. The molecule has 0 fully saturated rings. The summed E-state index contributed by atoms with van der Waals surface area (Å²) in [5.41, 5.74) is 1.66. The van der Waals surface area contributed by atoms with Gasteiger partial charge in [-0.3, -0.25) is 18.3 Å². The molecule has 5 rings (SSSR count). The van der Waals surface area contributed by atoms with Gasteiger partial charge in [-0.1, -0.05) is 72.8 Å². The van der Waals surface area contributed by atoms with Crippen LogP contribution in [0.5, 0.6) is 0 Å². The third kappa shape index (κ3) is 2.88. The minimum atomic E-state index is -0.422. The number of fused-ring (bicyclic) bond motifs is 3. The smallest absolute Gasteiger partial charge is 0.332 e. The maximum Gasteiger partial charge on any atom is 0.332 e. The van der Waals surface area contributed by atoms with Crippen molar-refractivity contribution in [1.29, 1.82) is 0 Å². The molecule has 3 heterocycles. The van der Waals surface area contributed by atoms with Crippen LogP contribution in [0.1, 0.15) is 5.56 Å². The average molecular weight is 398 g/mol. The molecule has 2 aromatic carbocycles. The molecule has 0 atom stereocenters. The summed E-state index contributed by atoms with van der Waals surface area (Å²) in [5.74, 6) is 0.873. The fourth-order valence-electron chi connectivity index (χ4n) is 3.51. The number of hydrogen-bond acceptors (Lipinski definition) is 4. The lowest BCUT2D eigenvalue weighted by molar-refractivity contribution is 0.610. The van der Waals surface area contributed by atoms with E-state index in [0.29, 0.717) is 16.9 Å². The molecule has 3 aromatic heterocycles. The second-order valence-corrected chi connectivity index (χ2v) is 6.97. The normalized spacial score (nSPS) is 11.8. The molecule has 0 unspecified atom stereocenters. The van der Waals surface area contributed by atoms with Crippen molar-refractivity contribution in [3.63, 3.8) is 0 Å². The average Bonchev–Trinajstić information content (AvgIpc) is 3.34. The number of aryl methyl sites for hydroxylation is 1. The number of benzene rings is 2. The van der Waals surface area contributed by atoms with E-state index < -0.39 is 11.2 Å². The van der Waals surface area contributed by atoms with Crippen molar-refractivity contribution in [3.8, 4) is 11.3 Å². The SMILES string of the molecule is Cn1c(=O)n(C/C=C\c2ccccc2)c(=O)c2c1nc1oc(-c3ccccc3)cn12. The Kier molecular flexibility index (Phi) is 4.21. The van der Waals surface area contributed by atoms with Crippen LogP contribution >= 0.6 is 0 Å². The standard InChI is InChI=1S/C23H18N4O3/c1-25-20-19(27-15-18(30-22(27)24-20)17-12-6-3-7-13-17)21(28)26(23(25)29)14-8-11-16-9-4-2-5-10-16/h2-13,15H,14H2,1H3/b11-8-. The highest BCUT2D eigenvalue weighted by Gasteiger charge is 2.19. The lowest BCUT2D eigenvalue weighted by Crippen LogP contribution is -2.39. The lowest BCUT2D eigenvalue weighted by Gasteiger charge is -2.05. The van der Waals surface area contributed by atoms with E-state index in [1.807, 2.05) is 66.7 Å². The van der Waals surface area contributed by atoms with Crippen molar-refractivity contribution in [2.45, 2.75) is 6.54 Å². The molecule has 0 saturated carbocycles. The van der Waals surface area contributed by atoms with Gasteiger partial charge >= 0.3 is 11.5 Å². The summed E-state index contributed by atoms with van der Waals surface area (Å²) >= 11 is 0. The van der Waals surface area contributed by atoms with Crippen LogP contribution < -0.4 is 11.2 Å². The Morgan fingerprint density at radius 3 is 2.43 bits per heavy atom. The lowest BCUT2D eigenvalue weighted by atomic mass is 10.2. The molecule has 148 valence electrons. The molecule has 30 heavy (non-hydrogen) atoms. The van der Waals surface area contributed by atoms with Gasteiger partial charge in [0.1, 0.15) is 0 Å². The summed E-state index contributed by atoms with van der Waals surface area (Å²) < 4.78 is 10.0. The van der Waals surface area contributed by atoms with Crippen LogP contribution in [0.15, 0.2) is 86.9 Å². The molecular weight excluding hydrogens is 380 g/mol. The van der Waals surface area contributed by atoms with Crippen molar-refractivity contribution >= 4 is 23.1 Å². The van der Waals surface area contributed by atoms with E-state index in [9.17, 15) is 9.59 Å². The molecule has 7 nitrogen and oxygen atoms in total. The molecule has 7 heteroatoms. The van der Waals surface area contributed by atoms with Crippen LogP contribution in [-0.2, 0) is 13.6 Å². The summed E-state index contributed by atoms with van der Waals surface area (Å²) in [6, 6.07) is 19.3. The first-order valence-corrected chi connectivity index (χ1v) is 9.52. The minimum Gasteiger partial charge on any atom is -0.423 e. The van der Waals surface area contributed by atoms with E-state index in [1.165, 1.54) is 9.13 Å². The highest BCUT2D eigenvalue weighted by atomic mass is 16.4. The Morgan fingerprint density at radius 1 is 1.00 bits per heavy atom. The summed E-state index contributed by atoms with van der Waals surface area (Å²) in [7, 11) is 1.60. The Morgan fingerprint density at radius 2 is 1.70 bits per heavy atom. The molecule has 0 spiro atoms. The van der Waals surface area contributed by atoms with E-state index in [1.54, 1.807) is 23.7 Å². The molecule has 0 aliphatic carbocycles. The number of rotatable bonds is 4. The Bertz CT molecular complexity index is 1500. The van der Waals surface area contributed by atoms with Gasteiger partial charge in [0.2, 0.25) is 0 Å². The molecule has 0 amide bonds. The topological polar surface area (TPSA) is 74.4 Å². The first-order valence-electron chi connectivity index (χ1n) is 9.52. The van der Waals surface area contributed by atoms with Crippen molar-refractivity contribution in [2.75, 3.05) is 0 Å². The van der Waals surface area contributed by atoms with Crippen LogP contribution in [-0.4, -0.2) is 18.5 Å². The van der Waals surface area contributed by atoms with Gasteiger partial charge in [0.15, 0.2) is 16.9 Å². The highest BCUT2D eigenvalue weighted by molar-refractivity contribution is 5.76. The second kappa shape index (κ2) is 7.04. The van der Waals surface area contributed by atoms with E-state index >= 15 is 0 Å². The summed E-state index contributed by atoms with van der Waals surface area (Å²) in [4.78, 5) is 30.3. The fourth-order valence-corrected chi connectivity index (χ4v) is 3.51. The third-order valence-electron chi connectivity index (χ3n) is 5.05. The molecule has 0 aliphatic heterocycles. The number of nitrogens with zero attached hydrogens (tertiary/aromatic N) is 4. The number of oxazole rings is 1. The number of hydrogen-bond donors (Lipinski definition) is 0. The number of imidazole rings is 1. The van der Waals surface area contributed by atoms with E-state index in [-0.39, 0.29) is 12.4 Å². The van der Waals surface area contributed by atoms with Crippen molar-refractivity contribution in [1.82, 2.24) is 18.5 Å². The first kappa shape index (κ1) is 17.9. The van der Waals surface area contributed by atoms with Gasteiger partial charge in [0, 0.05) is 19.2 Å². The molecule has 0 radical (unpaired) electrons. The van der Waals surface area contributed by atoms with Gasteiger partial charge in [-0.25, -0.2) is 4.79 Å². The minimum absolute atomic E-state index is 0.160. The van der Waals surface area contributed by atoms with Crippen LogP contribution in [0, 0.1) is 0 Å². The zero-order valence-corrected chi connectivity index (χ0v) is 16.2. The van der Waals surface area contributed by atoms with Crippen LogP contribution in [0.2, 0.25) is 0 Å². The third-order valence-corrected chi connectivity index (χ3v) is 5.05. The summed E-state index contributed by atoms with van der Waals surface area (Å²) in [6.07, 6.45) is 5.41. The zero-order chi connectivity index (χ0) is 20.7. The van der Waals surface area contributed by atoms with E-state index in [2.05, 4.69) is 4.98 Å². The molecule has 0 saturated heterocycles. The predicted octanol–water partition coefficient (Wildman–Crippen LogP) is 3.32. The summed E-state index contributed by atoms with van der Waals surface area (Å²) in [6.45, 7) is 0.160. The van der Waals surface area contributed by atoms with Crippen molar-refractivity contribution in [2.24, 2.45) is 7.05 Å². The molecule has 0 aliphatic rings. The Labute approximate surface area is 170 Å². The molecular formula is C23H18N4O3. The van der Waals surface area contributed by atoms with Crippen LogP contribution in [0.25, 0.3) is 34.4 Å². The van der Waals surface area contributed by atoms with Crippen molar-refractivity contribution in [3.05, 3.63) is 99.3 Å². The molecule has 0 N–H and O–H groups in total. The maximum atomic E-state index is 13.2. The number of aromatic nitrogens is 4. The first-order chi connectivity index (χ1) is 14.6. The predicted molar refractivity (Wildman–Crippen MR) is 115 cm³/mol. The van der Waals surface area contributed by atoms with E-state index in [4.69, 9.17) is 4.42 Å². The zero-order valence-electron chi connectivity index (χ0n) is 16.2. The second-order valence-electron chi connectivity index (χ2n) is 6.97. The largest absolute Gasteiger partial charge is 0.423 e. The highest BCUT2D eigenvalue weighted by Crippen LogP contribution is 2.24. The van der Waals surface area contributed by atoms with Crippen LogP contribution in [0.4, 0.5) is 0 Å². The van der Waals surface area contributed by atoms with Crippen molar-refractivity contribution < 1.29 is 4.42 Å². The Balaban J connectivity index is 1.64. The van der Waals surface area contributed by atoms with Gasteiger partial charge in [-0.2, -0.15) is 4.98 Å². The monoisotopic (exact) mass is 398 g/mol. The van der Waals surface area contributed by atoms with Crippen LogP contribution in [0.3, 0.4) is 0 Å². The quantitative estimate of drug-likeness (QED) is 0.465. The van der Waals surface area contributed by atoms with Gasteiger partial charge in [0.25, 0.3) is 5.56 Å². The van der Waals surface area contributed by atoms with Gasteiger partial charge in [-0.15, -0.1) is 0 Å². The fraction of sp³-hybridized carbons (Fsp3) is 0.0870. The summed E-state index contributed by atoms with van der Waals surface area (Å²) in [5, 5.41) is 0. The van der Waals surface area contributed by atoms with Gasteiger partial charge < -0.3 is 4.42 Å². The number of allylic oxidation sites excluding steroid dienone is 1. The maximum absolute atomic E-state index is 13.2. The Hall–Kier alpha value is -4.13. The van der Waals surface area contributed by atoms with Gasteiger partial charge in [0.05, 0.1) is 6.20 Å². The van der Waals surface area contributed by atoms with E-state index in [0.717, 1.165) is 11.1 Å². The molecule has 5 aromatic rings.